The van der Waals surface area contributed by atoms with E-state index in [2.05, 4.69) is 0 Å². The standard InChI is InChI=1S/C19H16O7/c1-23-14-5-11(6-15(9-14)24-2)19(22)25-10-12-7-18(21)26-17-8-13(20)3-4-16(12)17/h3-9,20H,10H2,1-2H3. The van der Waals surface area contributed by atoms with Gasteiger partial charge in [0.1, 0.15) is 29.4 Å². The molecular formula is C19H16O7. The molecule has 0 atom stereocenters. The van der Waals surface area contributed by atoms with Gasteiger partial charge in [-0.3, -0.25) is 0 Å². The number of methoxy groups -OCH3 is 2. The molecule has 3 aromatic rings. The molecule has 0 fully saturated rings. The van der Waals surface area contributed by atoms with Gasteiger partial charge in [-0.25, -0.2) is 9.59 Å². The van der Waals surface area contributed by atoms with E-state index in [-0.39, 0.29) is 23.5 Å². The van der Waals surface area contributed by atoms with Crippen LogP contribution in [0.15, 0.2) is 51.7 Å². The highest BCUT2D eigenvalue weighted by Crippen LogP contribution is 2.25. The quantitative estimate of drug-likeness (QED) is 0.555. The number of hydrogen-bond donors (Lipinski definition) is 1. The van der Waals surface area contributed by atoms with Gasteiger partial charge in [-0.1, -0.05) is 0 Å². The van der Waals surface area contributed by atoms with E-state index in [4.69, 9.17) is 18.6 Å². The van der Waals surface area contributed by atoms with Gasteiger partial charge in [0, 0.05) is 29.1 Å². The highest BCUT2D eigenvalue weighted by molar-refractivity contribution is 5.90. The third-order valence-electron chi connectivity index (χ3n) is 3.76. The Labute approximate surface area is 148 Å². The first-order valence-electron chi connectivity index (χ1n) is 7.66. The monoisotopic (exact) mass is 356 g/mol. The van der Waals surface area contributed by atoms with Crippen molar-refractivity contribution in [2.45, 2.75) is 6.61 Å². The van der Waals surface area contributed by atoms with Crippen LogP contribution in [0.25, 0.3) is 11.0 Å². The van der Waals surface area contributed by atoms with E-state index >= 15 is 0 Å². The van der Waals surface area contributed by atoms with Gasteiger partial charge in [0.15, 0.2) is 0 Å². The van der Waals surface area contributed by atoms with E-state index in [1.54, 1.807) is 12.1 Å². The lowest BCUT2D eigenvalue weighted by Crippen LogP contribution is -2.08. The van der Waals surface area contributed by atoms with Crippen LogP contribution in [0.1, 0.15) is 15.9 Å². The average Bonchev–Trinajstić information content (AvgIpc) is 2.64. The smallest absolute Gasteiger partial charge is 0.338 e. The molecular weight excluding hydrogens is 340 g/mol. The molecule has 0 aliphatic heterocycles. The van der Waals surface area contributed by atoms with Crippen LogP contribution < -0.4 is 15.1 Å². The van der Waals surface area contributed by atoms with Crippen LogP contribution in [0.5, 0.6) is 17.2 Å². The zero-order valence-corrected chi connectivity index (χ0v) is 14.1. The van der Waals surface area contributed by atoms with E-state index < -0.39 is 11.6 Å². The molecule has 0 unspecified atom stereocenters. The minimum atomic E-state index is -0.600. The Balaban J connectivity index is 1.86. The summed E-state index contributed by atoms with van der Waals surface area (Å²) in [4.78, 5) is 24.0. The summed E-state index contributed by atoms with van der Waals surface area (Å²) < 4.78 is 20.6. The second-order valence-corrected chi connectivity index (χ2v) is 5.45. The van der Waals surface area contributed by atoms with Crippen LogP contribution in [0.2, 0.25) is 0 Å². The van der Waals surface area contributed by atoms with Gasteiger partial charge in [-0.2, -0.15) is 0 Å². The van der Waals surface area contributed by atoms with Crippen molar-refractivity contribution in [1.29, 1.82) is 0 Å². The fraction of sp³-hybridized carbons (Fsp3) is 0.158. The Morgan fingerprint density at radius 1 is 1.04 bits per heavy atom. The predicted octanol–water partition coefficient (Wildman–Crippen LogP) is 2.87. The molecule has 1 N–H and O–H groups in total. The van der Waals surface area contributed by atoms with Gasteiger partial charge >= 0.3 is 11.6 Å². The van der Waals surface area contributed by atoms with Crippen molar-refractivity contribution >= 4 is 16.9 Å². The fourth-order valence-corrected chi connectivity index (χ4v) is 2.49. The molecule has 3 rings (SSSR count). The number of aromatic hydroxyl groups is 1. The van der Waals surface area contributed by atoms with Crippen LogP contribution >= 0.6 is 0 Å². The van der Waals surface area contributed by atoms with Gasteiger partial charge in [0.05, 0.1) is 19.8 Å². The Morgan fingerprint density at radius 2 is 1.73 bits per heavy atom. The lowest BCUT2D eigenvalue weighted by Gasteiger charge is -2.10. The molecule has 0 radical (unpaired) electrons. The molecule has 1 aromatic heterocycles. The molecule has 0 bridgehead atoms. The van der Waals surface area contributed by atoms with Gasteiger partial charge in [-0.05, 0) is 24.3 Å². The molecule has 7 heteroatoms. The number of carbonyl (C=O) groups is 1. The number of fused-ring (bicyclic) bond motifs is 1. The molecule has 0 aliphatic carbocycles. The lowest BCUT2D eigenvalue weighted by atomic mass is 10.1. The van der Waals surface area contributed by atoms with E-state index in [0.29, 0.717) is 22.4 Å². The fourth-order valence-electron chi connectivity index (χ4n) is 2.49. The summed E-state index contributed by atoms with van der Waals surface area (Å²) in [5.41, 5.74) is 0.342. The van der Waals surface area contributed by atoms with Crippen LogP contribution in [0, 0.1) is 0 Å². The highest BCUT2D eigenvalue weighted by atomic mass is 16.5. The molecule has 134 valence electrons. The Kier molecular flexibility index (Phi) is 4.79. The zero-order chi connectivity index (χ0) is 18.7. The van der Waals surface area contributed by atoms with Gasteiger partial charge in [0.25, 0.3) is 0 Å². The zero-order valence-electron chi connectivity index (χ0n) is 14.1. The Hall–Kier alpha value is -3.48. The Bertz CT molecular complexity index is 998. The van der Waals surface area contributed by atoms with Crippen LogP contribution in [-0.2, 0) is 11.3 Å². The minimum Gasteiger partial charge on any atom is -0.508 e. The van der Waals surface area contributed by atoms with Crippen molar-refractivity contribution in [2.24, 2.45) is 0 Å². The molecule has 26 heavy (non-hydrogen) atoms. The normalized spacial score (nSPS) is 10.5. The molecule has 0 aliphatic rings. The summed E-state index contributed by atoms with van der Waals surface area (Å²) in [5.74, 6) is 0.288. The van der Waals surface area contributed by atoms with Crippen LogP contribution in [0.4, 0.5) is 0 Å². The molecule has 1 heterocycles. The predicted molar refractivity (Wildman–Crippen MR) is 92.8 cm³/mol. The van der Waals surface area contributed by atoms with E-state index in [9.17, 15) is 14.7 Å². The van der Waals surface area contributed by atoms with Crippen molar-refractivity contribution in [3.63, 3.8) is 0 Å². The maximum Gasteiger partial charge on any atom is 0.338 e. The van der Waals surface area contributed by atoms with Gasteiger partial charge in [0.2, 0.25) is 0 Å². The van der Waals surface area contributed by atoms with Gasteiger partial charge < -0.3 is 23.7 Å². The summed E-state index contributed by atoms with van der Waals surface area (Å²) in [6, 6.07) is 10.3. The first-order valence-corrected chi connectivity index (χ1v) is 7.66. The van der Waals surface area contributed by atoms with Crippen molar-refractivity contribution in [3.05, 3.63) is 64.0 Å². The molecule has 0 spiro atoms. The van der Waals surface area contributed by atoms with E-state index in [0.717, 1.165) is 0 Å². The summed E-state index contributed by atoms with van der Waals surface area (Å²) in [7, 11) is 2.96. The van der Waals surface area contributed by atoms with E-state index in [1.165, 1.54) is 44.6 Å². The van der Waals surface area contributed by atoms with Gasteiger partial charge in [-0.15, -0.1) is 0 Å². The molecule has 0 saturated heterocycles. The second-order valence-electron chi connectivity index (χ2n) is 5.45. The van der Waals surface area contributed by atoms with E-state index in [1.807, 2.05) is 0 Å². The number of phenolic OH excluding ortho intramolecular Hbond substituents is 1. The first-order chi connectivity index (χ1) is 12.5. The van der Waals surface area contributed by atoms with Crippen LogP contribution in [-0.4, -0.2) is 25.3 Å². The van der Waals surface area contributed by atoms with Crippen LogP contribution in [0.3, 0.4) is 0 Å². The van der Waals surface area contributed by atoms with Crippen molar-refractivity contribution in [1.82, 2.24) is 0 Å². The molecule has 7 nitrogen and oxygen atoms in total. The Morgan fingerprint density at radius 3 is 2.38 bits per heavy atom. The highest BCUT2D eigenvalue weighted by Gasteiger charge is 2.13. The van der Waals surface area contributed by atoms with Crippen molar-refractivity contribution in [3.8, 4) is 17.2 Å². The number of ether oxygens (including phenoxy) is 3. The topological polar surface area (TPSA) is 95.2 Å². The third-order valence-corrected chi connectivity index (χ3v) is 3.76. The molecule has 0 amide bonds. The second kappa shape index (κ2) is 7.18. The van der Waals surface area contributed by atoms with Crippen molar-refractivity contribution in [2.75, 3.05) is 14.2 Å². The summed E-state index contributed by atoms with van der Waals surface area (Å²) >= 11 is 0. The SMILES string of the molecule is COc1cc(OC)cc(C(=O)OCc2cc(=O)oc3cc(O)ccc23)c1. The summed E-state index contributed by atoms with van der Waals surface area (Å²) in [6.07, 6.45) is 0. The van der Waals surface area contributed by atoms with Crippen molar-refractivity contribution < 1.29 is 28.5 Å². The first kappa shape index (κ1) is 17.3. The number of esters is 1. The largest absolute Gasteiger partial charge is 0.508 e. The molecule has 0 saturated carbocycles. The maximum absolute atomic E-state index is 12.4. The summed E-state index contributed by atoms with van der Waals surface area (Å²) in [6.45, 7) is -0.134. The minimum absolute atomic E-state index is 0.0294. The lowest BCUT2D eigenvalue weighted by molar-refractivity contribution is 0.0473. The number of hydrogen-bond acceptors (Lipinski definition) is 7. The molecule has 2 aromatic carbocycles. The third kappa shape index (κ3) is 3.61. The maximum atomic E-state index is 12.4. The average molecular weight is 356 g/mol. The number of phenols is 1. The number of benzene rings is 2. The summed E-state index contributed by atoms with van der Waals surface area (Å²) in [5, 5.41) is 10.1. The number of rotatable bonds is 5. The number of carbonyl (C=O) groups excluding carboxylic acids is 1.